The summed E-state index contributed by atoms with van der Waals surface area (Å²) in [6, 6.07) is 8.80. The standard InChI is InChI=1S/C15H14Cl2N2O2S/c1-2-11-4-5-12(22-11)8-18-19-15(20)9-21-14-6-3-10(16)7-13(14)17/h3-8H,2,9H2,1H3,(H,19,20). The largest absolute Gasteiger partial charge is 0.482 e. The number of aryl methyl sites for hydroxylation is 1. The zero-order valence-electron chi connectivity index (χ0n) is 11.8. The van der Waals surface area contributed by atoms with E-state index < -0.39 is 0 Å². The molecule has 1 aromatic carbocycles. The first-order valence-electron chi connectivity index (χ1n) is 6.57. The van der Waals surface area contributed by atoms with Crippen LogP contribution in [0.3, 0.4) is 0 Å². The second kappa shape index (κ2) is 8.17. The number of carbonyl (C=O) groups is 1. The third-order valence-electron chi connectivity index (χ3n) is 2.66. The molecule has 0 unspecified atom stereocenters. The quantitative estimate of drug-likeness (QED) is 0.624. The van der Waals surface area contributed by atoms with Crippen molar-refractivity contribution in [2.75, 3.05) is 6.61 Å². The predicted molar refractivity (Wildman–Crippen MR) is 91.4 cm³/mol. The summed E-state index contributed by atoms with van der Waals surface area (Å²) < 4.78 is 5.30. The molecule has 1 aromatic heterocycles. The van der Waals surface area contributed by atoms with Crippen LogP contribution in [0.1, 0.15) is 16.7 Å². The molecule has 116 valence electrons. The van der Waals surface area contributed by atoms with Crippen molar-refractivity contribution >= 4 is 46.7 Å². The highest BCUT2D eigenvalue weighted by Crippen LogP contribution is 2.27. The number of halogens is 2. The number of hydrogen-bond donors (Lipinski definition) is 1. The Morgan fingerprint density at radius 3 is 2.86 bits per heavy atom. The van der Waals surface area contributed by atoms with Crippen LogP contribution in [0.2, 0.25) is 10.0 Å². The third kappa shape index (κ3) is 5.02. The molecule has 2 rings (SSSR count). The average Bonchev–Trinajstić information content (AvgIpc) is 2.94. The summed E-state index contributed by atoms with van der Waals surface area (Å²) in [6.45, 7) is 1.91. The molecule has 0 radical (unpaired) electrons. The fraction of sp³-hybridized carbons (Fsp3) is 0.200. The van der Waals surface area contributed by atoms with Crippen molar-refractivity contribution in [1.82, 2.24) is 5.43 Å². The lowest BCUT2D eigenvalue weighted by Crippen LogP contribution is -2.24. The second-order valence-electron chi connectivity index (χ2n) is 4.31. The van der Waals surface area contributed by atoms with Gasteiger partial charge in [-0.2, -0.15) is 5.10 Å². The van der Waals surface area contributed by atoms with Crippen molar-refractivity contribution in [2.24, 2.45) is 5.10 Å². The predicted octanol–water partition coefficient (Wildman–Crippen LogP) is 4.15. The average molecular weight is 357 g/mol. The molecular formula is C15H14Cl2N2O2S. The first-order valence-corrected chi connectivity index (χ1v) is 8.14. The van der Waals surface area contributed by atoms with Gasteiger partial charge in [-0.1, -0.05) is 30.1 Å². The van der Waals surface area contributed by atoms with E-state index >= 15 is 0 Å². The summed E-state index contributed by atoms with van der Waals surface area (Å²) in [6.07, 6.45) is 2.59. The van der Waals surface area contributed by atoms with Gasteiger partial charge in [-0.3, -0.25) is 4.79 Å². The van der Waals surface area contributed by atoms with Crippen LogP contribution >= 0.6 is 34.5 Å². The minimum absolute atomic E-state index is 0.177. The zero-order valence-corrected chi connectivity index (χ0v) is 14.1. The van der Waals surface area contributed by atoms with Crippen LogP contribution in [0.15, 0.2) is 35.4 Å². The van der Waals surface area contributed by atoms with Gasteiger partial charge in [0.1, 0.15) is 5.75 Å². The van der Waals surface area contributed by atoms with E-state index in [-0.39, 0.29) is 12.5 Å². The highest BCUT2D eigenvalue weighted by Gasteiger charge is 2.05. The molecule has 1 heterocycles. The summed E-state index contributed by atoms with van der Waals surface area (Å²) in [5.74, 6) is 0.0329. The highest BCUT2D eigenvalue weighted by atomic mass is 35.5. The van der Waals surface area contributed by atoms with E-state index in [0.29, 0.717) is 15.8 Å². The molecule has 2 aromatic rings. The SMILES string of the molecule is CCc1ccc(C=NNC(=O)COc2ccc(Cl)cc2Cl)s1. The van der Waals surface area contributed by atoms with Crippen molar-refractivity contribution in [3.05, 3.63) is 50.1 Å². The van der Waals surface area contributed by atoms with Crippen LogP contribution in [-0.2, 0) is 11.2 Å². The summed E-state index contributed by atoms with van der Waals surface area (Å²) in [4.78, 5) is 13.9. The summed E-state index contributed by atoms with van der Waals surface area (Å²) in [7, 11) is 0. The fourth-order valence-corrected chi connectivity index (χ4v) is 2.88. The normalized spacial score (nSPS) is 10.9. The molecule has 0 spiro atoms. The van der Waals surface area contributed by atoms with Crippen molar-refractivity contribution in [3.63, 3.8) is 0 Å². The molecule has 0 aliphatic heterocycles. The van der Waals surface area contributed by atoms with Gasteiger partial charge in [-0.25, -0.2) is 5.43 Å². The van der Waals surface area contributed by atoms with E-state index in [1.807, 2.05) is 12.1 Å². The number of rotatable bonds is 6. The molecule has 0 aliphatic rings. The van der Waals surface area contributed by atoms with Crippen LogP contribution in [0, 0.1) is 0 Å². The van der Waals surface area contributed by atoms with Crippen molar-refractivity contribution < 1.29 is 9.53 Å². The lowest BCUT2D eigenvalue weighted by molar-refractivity contribution is -0.123. The number of hydrazone groups is 1. The highest BCUT2D eigenvalue weighted by molar-refractivity contribution is 7.13. The Bertz CT molecular complexity index is 686. The number of carbonyl (C=O) groups excluding carboxylic acids is 1. The molecule has 1 amide bonds. The Hall–Kier alpha value is -1.56. The van der Waals surface area contributed by atoms with Gasteiger partial charge in [-0.05, 0) is 36.8 Å². The van der Waals surface area contributed by atoms with Gasteiger partial charge >= 0.3 is 0 Å². The number of amides is 1. The second-order valence-corrected chi connectivity index (χ2v) is 6.36. The summed E-state index contributed by atoms with van der Waals surface area (Å²) >= 11 is 13.4. The van der Waals surface area contributed by atoms with Gasteiger partial charge in [-0.15, -0.1) is 11.3 Å². The number of hydrogen-bond acceptors (Lipinski definition) is 4. The van der Waals surface area contributed by atoms with Gasteiger partial charge in [0.15, 0.2) is 6.61 Å². The summed E-state index contributed by atoms with van der Waals surface area (Å²) in [5, 5.41) is 4.75. The topological polar surface area (TPSA) is 50.7 Å². The maximum Gasteiger partial charge on any atom is 0.277 e. The number of nitrogens with one attached hydrogen (secondary N) is 1. The first kappa shape index (κ1) is 16.8. The molecule has 22 heavy (non-hydrogen) atoms. The molecule has 0 fully saturated rings. The van der Waals surface area contributed by atoms with Crippen LogP contribution in [0.25, 0.3) is 0 Å². The van der Waals surface area contributed by atoms with Crippen LogP contribution < -0.4 is 10.2 Å². The molecule has 1 N–H and O–H groups in total. The molecule has 0 aliphatic carbocycles. The van der Waals surface area contributed by atoms with Crippen molar-refractivity contribution in [3.8, 4) is 5.75 Å². The lowest BCUT2D eigenvalue weighted by Gasteiger charge is -2.06. The maximum absolute atomic E-state index is 11.6. The molecule has 0 bridgehead atoms. The van der Waals surface area contributed by atoms with Gasteiger partial charge < -0.3 is 4.74 Å². The smallest absolute Gasteiger partial charge is 0.277 e. The van der Waals surface area contributed by atoms with Crippen molar-refractivity contribution in [2.45, 2.75) is 13.3 Å². The van der Waals surface area contributed by atoms with E-state index in [1.54, 1.807) is 35.8 Å². The van der Waals surface area contributed by atoms with Gasteiger partial charge in [0.2, 0.25) is 0 Å². The molecule has 7 heteroatoms. The number of thiophene rings is 1. The number of nitrogens with zero attached hydrogens (tertiary/aromatic N) is 1. The molecule has 0 atom stereocenters. The zero-order chi connectivity index (χ0) is 15.9. The number of benzene rings is 1. The minimum atomic E-state index is -0.366. The van der Waals surface area contributed by atoms with E-state index in [4.69, 9.17) is 27.9 Å². The van der Waals surface area contributed by atoms with Crippen LogP contribution in [-0.4, -0.2) is 18.7 Å². The molecule has 0 saturated heterocycles. The molecule has 0 saturated carbocycles. The Morgan fingerprint density at radius 2 is 2.18 bits per heavy atom. The first-order chi connectivity index (χ1) is 10.6. The van der Waals surface area contributed by atoms with E-state index in [2.05, 4.69) is 17.5 Å². The Labute approximate surface area is 142 Å². The van der Waals surface area contributed by atoms with E-state index in [1.165, 1.54) is 4.88 Å². The molecular weight excluding hydrogens is 343 g/mol. The fourth-order valence-electron chi connectivity index (χ4n) is 1.59. The van der Waals surface area contributed by atoms with Crippen molar-refractivity contribution in [1.29, 1.82) is 0 Å². The maximum atomic E-state index is 11.6. The minimum Gasteiger partial charge on any atom is -0.482 e. The van der Waals surface area contributed by atoms with Gasteiger partial charge in [0, 0.05) is 14.8 Å². The molecule has 4 nitrogen and oxygen atoms in total. The third-order valence-corrected chi connectivity index (χ3v) is 4.36. The van der Waals surface area contributed by atoms with Crippen LogP contribution in [0.4, 0.5) is 0 Å². The van der Waals surface area contributed by atoms with E-state index in [0.717, 1.165) is 11.3 Å². The summed E-state index contributed by atoms with van der Waals surface area (Å²) in [5.41, 5.74) is 2.40. The van der Waals surface area contributed by atoms with Gasteiger partial charge in [0.05, 0.1) is 11.2 Å². The lowest BCUT2D eigenvalue weighted by atomic mass is 10.3. The van der Waals surface area contributed by atoms with E-state index in [9.17, 15) is 4.79 Å². The monoisotopic (exact) mass is 356 g/mol. The van der Waals surface area contributed by atoms with Gasteiger partial charge in [0.25, 0.3) is 5.91 Å². The van der Waals surface area contributed by atoms with Crippen LogP contribution in [0.5, 0.6) is 5.75 Å². The Kier molecular flexibility index (Phi) is 6.24. The number of ether oxygens (including phenoxy) is 1. The Morgan fingerprint density at radius 1 is 1.36 bits per heavy atom. The Balaban J connectivity index is 1.80.